The van der Waals surface area contributed by atoms with Crippen molar-refractivity contribution >= 4 is 23.4 Å². The Kier molecular flexibility index (Phi) is 7.36. The molecule has 1 aromatic heterocycles. The number of carbonyl (C=O) groups excluding carboxylic acids is 2. The van der Waals surface area contributed by atoms with Crippen LogP contribution >= 0.6 is 11.6 Å². The molecule has 2 heterocycles. The minimum atomic E-state index is -0.566. The van der Waals surface area contributed by atoms with Gasteiger partial charge in [0.1, 0.15) is 16.9 Å². The van der Waals surface area contributed by atoms with Gasteiger partial charge in [-0.15, -0.1) is 11.6 Å². The van der Waals surface area contributed by atoms with Crippen molar-refractivity contribution in [2.75, 3.05) is 40.4 Å². The summed E-state index contributed by atoms with van der Waals surface area (Å²) in [7, 11) is 3.27. The fourth-order valence-corrected chi connectivity index (χ4v) is 4.57. The zero-order valence-electron chi connectivity index (χ0n) is 20.5. The Bertz CT molecular complexity index is 1210. The van der Waals surface area contributed by atoms with Crippen LogP contribution in [0.3, 0.4) is 0 Å². The lowest BCUT2D eigenvalue weighted by Crippen LogP contribution is -2.52. The number of carbonyl (C=O) groups is 2. The second-order valence-corrected chi connectivity index (χ2v) is 9.18. The van der Waals surface area contributed by atoms with E-state index in [-0.39, 0.29) is 11.8 Å². The molecule has 8 heteroatoms. The monoisotopic (exact) mass is 495 g/mol. The molecule has 1 aliphatic heterocycles. The quantitative estimate of drug-likeness (QED) is 0.476. The topological polar surface area (TPSA) is 64.0 Å². The van der Waals surface area contributed by atoms with Gasteiger partial charge in [0, 0.05) is 43.6 Å². The lowest BCUT2D eigenvalue weighted by molar-refractivity contribution is -0.131. The maximum atomic E-state index is 13.6. The van der Waals surface area contributed by atoms with Gasteiger partial charge in [0.05, 0.1) is 25.5 Å². The first-order chi connectivity index (χ1) is 16.8. The summed E-state index contributed by atoms with van der Waals surface area (Å²) in [6.07, 6.45) is 0. The van der Waals surface area contributed by atoms with Crippen molar-refractivity contribution in [1.29, 1.82) is 0 Å². The molecule has 4 rings (SSSR count). The van der Waals surface area contributed by atoms with Crippen molar-refractivity contribution in [3.05, 3.63) is 65.9 Å². The number of halogens is 1. The molecule has 1 unspecified atom stereocenters. The molecule has 0 N–H and O–H groups in total. The predicted molar refractivity (Wildman–Crippen MR) is 137 cm³/mol. The molecule has 1 fully saturated rings. The SMILES string of the molecule is COc1ccc(-c2cc(C(=O)N3CCN(C(=O)C(C)Cl)CC3)c(C)n2-c2cccc(OC)c2)cc1. The summed E-state index contributed by atoms with van der Waals surface area (Å²) in [4.78, 5) is 29.4. The van der Waals surface area contributed by atoms with E-state index in [0.29, 0.717) is 31.7 Å². The summed E-state index contributed by atoms with van der Waals surface area (Å²) in [5.74, 6) is 1.35. The molecule has 0 bridgehead atoms. The average molecular weight is 496 g/mol. The normalized spacial score (nSPS) is 14.5. The highest BCUT2D eigenvalue weighted by Gasteiger charge is 2.29. The van der Waals surface area contributed by atoms with Gasteiger partial charge < -0.3 is 23.8 Å². The van der Waals surface area contributed by atoms with E-state index in [1.807, 2.05) is 61.5 Å². The zero-order valence-corrected chi connectivity index (χ0v) is 21.2. The van der Waals surface area contributed by atoms with Crippen LogP contribution in [0.4, 0.5) is 0 Å². The van der Waals surface area contributed by atoms with Gasteiger partial charge in [0.25, 0.3) is 5.91 Å². The van der Waals surface area contributed by atoms with Crippen LogP contribution in [0.15, 0.2) is 54.6 Å². The second kappa shape index (κ2) is 10.4. The van der Waals surface area contributed by atoms with E-state index >= 15 is 0 Å². The Balaban J connectivity index is 1.71. The second-order valence-electron chi connectivity index (χ2n) is 8.53. The van der Waals surface area contributed by atoms with Crippen LogP contribution < -0.4 is 9.47 Å². The maximum absolute atomic E-state index is 13.6. The summed E-state index contributed by atoms with van der Waals surface area (Å²) in [5.41, 5.74) is 4.22. The molecule has 2 amide bonds. The molecule has 1 aliphatic rings. The van der Waals surface area contributed by atoms with Crippen molar-refractivity contribution in [3.63, 3.8) is 0 Å². The minimum absolute atomic E-state index is 0.0510. The van der Waals surface area contributed by atoms with Gasteiger partial charge in [-0.05, 0) is 61.9 Å². The van der Waals surface area contributed by atoms with Crippen LogP contribution in [0.5, 0.6) is 11.5 Å². The Morgan fingerprint density at radius 1 is 0.886 bits per heavy atom. The fourth-order valence-electron chi connectivity index (χ4n) is 4.43. The van der Waals surface area contributed by atoms with Crippen LogP contribution in [0.1, 0.15) is 23.0 Å². The Morgan fingerprint density at radius 3 is 2.11 bits per heavy atom. The lowest BCUT2D eigenvalue weighted by atomic mass is 10.1. The molecule has 1 atom stereocenters. The molecule has 2 aromatic carbocycles. The first kappa shape index (κ1) is 24.7. The Morgan fingerprint density at radius 2 is 1.51 bits per heavy atom. The maximum Gasteiger partial charge on any atom is 0.255 e. The van der Waals surface area contributed by atoms with Crippen LogP contribution in [-0.2, 0) is 4.79 Å². The molecule has 0 radical (unpaired) electrons. The Hall–Kier alpha value is -3.45. The molecule has 0 aliphatic carbocycles. The van der Waals surface area contributed by atoms with Gasteiger partial charge in [-0.3, -0.25) is 9.59 Å². The van der Waals surface area contributed by atoms with E-state index in [9.17, 15) is 9.59 Å². The summed E-state index contributed by atoms with van der Waals surface area (Å²) in [6, 6.07) is 17.5. The van der Waals surface area contributed by atoms with Crippen LogP contribution in [0.25, 0.3) is 16.9 Å². The minimum Gasteiger partial charge on any atom is -0.497 e. The molecule has 0 spiro atoms. The third-order valence-corrected chi connectivity index (χ3v) is 6.58. The van der Waals surface area contributed by atoms with Gasteiger partial charge in [0.2, 0.25) is 5.91 Å². The van der Waals surface area contributed by atoms with Crippen molar-refractivity contribution in [2.45, 2.75) is 19.2 Å². The lowest BCUT2D eigenvalue weighted by Gasteiger charge is -2.35. The number of aromatic nitrogens is 1. The highest BCUT2D eigenvalue weighted by Crippen LogP contribution is 2.32. The number of alkyl halides is 1. The van der Waals surface area contributed by atoms with Gasteiger partial charge in [-0.25, -0.2) is 0 Å². The number of benzene rings is 2. The highest BCUT2D eigenvalue weighted by molar-refractivity contribution is 6.30. The summed E-state index contributed by atoms with van der Waals surface area (Å²) in [6.45, 7) is 5.51. The molecule has 184 valence electrons. The van der Waals surface area contributed by atoms with Crippen LogP contribution in [0, 0.1) is 6.92 Å². The van der Waals surface area contributed by atoms with E-state index in [0.717, 1.165) is 34.1 Å². The molecule has 1 saturated heterocycles. The molecule has 0 saturated carbocycles. The standard InChI is InChI=1S/C27H30ClN3O4/c1-18(28)26(32)29-12-14-30(15-13-29)27(33)24-17-25(20-8-10-22(34-3)11-9-20)31(19(24)2)21-6-5-7-23(16-21)35-4/h5-11,16-18H,12-15H2,1-4H3. The molecular weight excluding hydrogens is 466 g/mol. The van der Waals surface area contributed by atoms with Crippen LogP contribution in [0.2, 0.25) is 0 Å². The van der Waals surface area contributed by atoms with E-state index in [1.165, 1.54) is 0 Å². The Labute approximate surface area is 210 Å². The average Bonchev–Trinajstić information content (AvgIpc) is 3.24. The van der Waals surface area contributed by atoms with Crippen molar-refractivity contribution in [2.24, 2.45) is 0 Å². The first-order valence-corrected chi connectivity index (χ1v) is 12.0. The number of hydrogen-bond donors (Lipinski definition) is 0. The smallest absolute Gasteiger partial charge is 0.255 e. The van der Waals surface area contributed by atoms with Crippen molar-refractivity contribution in [1.82, 2.24) is 14.4 Å². The van der Waals surface area contributed by atoms with Gasteiger partial charge >= 0.3 is 0 Å². The number of piperazine rings is 1. The number of nitrogens with zero attached hydrogens (tertiary/aromatic N) is 3. The van der Waals surface area contributed by atoms with Gasteiger partial charge in [-0.1, -0.05) is 6.07 Å². The number of amides is 2. The first-order valence-electron chi connectivity index (χ1n) is 11.6. The van der Waals surface area contributed by atoms with Crippen molar-refractivity contribution in [3.8, 4) is 28.4 Å². The highest BCUT2D eigenvalue weighted by atomic mass is 35.5. The van der Waals surface area contributed by atoms with E-state index in [4.69, 9.17) is 21.1 Å². The largest absolute Gasteiger partial charge is 0.497 e. The number of rotatable bonds is 6. The molecule has 7 nitrogen and oxygen atoms in total. The zero-order chi connectivity index (χ0) is 25.1. The summed E-state index contributed by atoms with van der Waals surface area (Å²) < 4.78 is 12.8. The van der Waals surface area contributed by atoms with E-state index < -0.39 is 5.38 Å². The summed E-state index contributed by atoms with van der Waals surface area (Å²) in [5, 5.41) is -0.566. The van der Waals surface area contributed by atoms with Crippen molar-refractivity contribution < 1.29 is 19.1 Å². The number of ether oxygens (including phenoxy) is 2. The van der Waals surface area contributed by atoms with Crippen LogP contribution in [-0.4, -0.2) is 72.0 Å². The summed E-state index contributed by atoms with van der Waals surface area (Å²) >= 11 is 5.96. The fraction of sp³-hybridized carbons (Fsp3) is 0.333. The number of hydrogen-bond acceptors (Lipinski definition) is 4. The third-order valence-electron chi connectivity index (χ3n) is 6.39. The third kappa shape index (κ3) is 5.00. The van der Waals surface area contributed by atoms with E-state index in [1.54, 1.807) is 30.9 Å². The van der Waals surface area contributed by atoms with Gasteiger partial charge in [-0.2, -0.15) is 0 Å². The predicted octanol–water partition coefficient (Wildman–Crippen LogP) is 4.38. The molecular formula is C27H30ClN3O4. The number of methoxy groups -OCH3 is 2. The van der Waals surface area contributed by atoms with E-state index in [2.05, 4.69) is 4.57 Å². The molecule has 3 aromatic rings. The molecule has 35 heavy (non-hydrogen) atoms. The van der Waals surface area contributed by atoms with Gasteiger partial charge in [0.15, 0.2) is 0 Å².